The molecule has 0 saturated heterocycles. The third-order valence-corrected chi connectivity index (χ3v) is 5.10. The highest BCUT2D eigenvalue weighted by Crippen LogP contribution is 2.28. The van der Waals surface area contributed by atoms with E-state index in [1.165, 1.54) is 5.56 Å². The molecule has 5 heteroatoms. The summed E-state index contributed by atoms with van der Waals surface area (Å²) in [5, 5.41) is 6.30. The maximum absolute atomic E-state index is 12.3. The molecular formula is C26H30N2O3. The number of aryl methyl sites for hydroxylation is 3. The number of methoxy groups -OCH3 is 1. The second-order valence-corrected chi connectivity index (χ2v) is 7.54. The van der Waals surface area contributed by atoms with Gasteiger partial charge in [-0.15, -0.1) is 0 Å². The number of amides is 1. The summed E-state index contributed by atoms with van der Waals surface area (Å²) in [5.74, 6) is 0.921. The highest BCUT2D eigenvalue weighted by Gasteiger charge is 2.10. The second kappa shape index (κ2) is 10.5. The van der Waals surface area contributed by atoms with E-state index in [4.69, 9.17) is 9.47 Å². The highest BCUT2D eigenvalue weighted by molar-refractivity contribution is 5.92. The van der Waals surface area contributed by atoms with Crippen molar-refractivity contribution in [2.75, 3.05) is 24.4 Å². The summed E-state index contributed by atoms with van der Waals surface area (Å²) in [6.45, 7) is 6.71. The Balaban J connectivity index is 1.56. The van der Waals surface area contributed by atoms with E-state index >= 15 is 0 Å². The first-order valence-corrected chi connectivity index (χ1v) is 10.5. The average Bonchev–Trinajstić information content (AvgIpc) is 2.78. The van der Waals surface area contributed by atoms with E-state index in [1.54, 1.807) is 7.11 Å². The van der Waals surface area contributed by atoms with Crippen LogP contribution >= 0.6 is 0 Å². The molecule has 0 bridgehead atoms. The van der Waals surface area contributed by atoms with Crippen LogP contribution in [0.3, 0.4) is 0 Å². The van der Waals surface area contributed by atoms with Gasteiger partial charge in [-0.25, -0.2) is 0 Å². The maximum atomic E-state index is 12.3. The lowest BCUT2D eigenvalue weighted by atomic mass is 10.1. The first-order chi connectivity index (χ1) is 15.0. The number of anilines is 2. The maximum Gasteiger partial charge on any atom is 0.262 e. The van der Waals surface area contributed by atoms with Crippen LogP contribution in [0.1, 0.15) is 29.2 Å². The van der Waals surface area contributed by atoms with Crippen molar-refractivity contribution in [3.05, 3.63) is 82.9 Å². The molecule has 5 nitrogen and oxygen atoms in total. The molecule has 0 heterocycles. The van der Waals surface area contributed by atoms with Gasteiger partial charge >= 0.3 is 0 Å². The number of carbonyl (C=O) groups excluding carboxylic acids is 1. The minimum Gasteiger partial charge on any atom is -0.493 e. The van der Waals surface area contributed by atoms with Gasteiger partial charge in [-0.3, -0.25) is 4.79 Å². The molecule has 0 radical (unpaired) electrons. The van der Waals surface area contributed by atoms with Crippen molar-refractivity contribution in [2.24, 2.45) is 0 Å². The van der Waals surface area contributed by atoms with Crippen LogP contribution in [0.2, 0.25) is 0 Å². The monoisotopic (exact) mass is 418 g/mol. The van der Waals surface area contributed by atoms with Crippen LogP contribution in [0.25, 0.3) is 0 Å². The first-order valence-electron chi connectivity index (χ1n) is 10.5. The van der Waals surface area contributed by atoms with Crippen molar-refractivity contribution in [3.8, 4) is 11.5 Å². The third kappa shape index (κ3) is 6.25. The zero-order chi connectivity index (χ0) is 22.2. The standard InChI is InChI=1S/C26H30N2O3/c1-5-20-7-10-22(11-8-20)27-16-21-9-13-24(25(15-21)30-4)31-17-26(29)28-23-12-6-18(2)14-19(23)3/h6-15,27H,5,16-17H2,1-4H3,(H,28,29). The summed E-state index contributed by atoms with van der Waals surface area (Å²) in [6.07, 6.45) is 1.03. The van der Waals surface area contributed by atoms with Crippen LogP contribution in [-0.2, 0) is 17.8 Å². The smallest absolute Gasteiger partial charge is 0.262 e. The van der Waals surface area contributed by atoms with Crippen molar-refractivity contribution >= 4 is 17.3 Å². The van der Waals surface area contributed by atoms with E-state index in [9.17, 15) is 4.79 Å². The quantitative estimate of drug-likeness (QED) is 0.481. The van der Waals surface area contributed by atoms with Crippen molar-refractivity contribution in [2.45, 2.75) is 33.7 Å². The number of ether oxygens (including phenoxy) is 2. The van der Waals surface area contributed by atoms with Gasteiger partial charge in [-0.2, -0.15) is 0 Å². The lowest BCUT2D eigenvalue weighted by Gasteiger charge is -2.14. The molecule has 0 aliphatic rings. The second-order valence-electron chi connectivity index (χ2n) is 7.54. The van der Waals surface area contributed by atoms with E-state index in [2.05, 4.69) is 41.8 Å². The third-order valence-electron chi connectivity index (χ3n) is 5.10. The Kier molecular flexibility index (Phi) is 7.55. The molecular weight excluding hydrogens is 388 g/mol. The van der Waals surface area contributed by atoms with E-state index in [0.29, 0.717) is 18.0 Å². The normalized spacial score (nSPS) is 10.5. The van der Waals surface area contributed by atoms with Gasteiger partial charge in [-0.05, 0) is 67.3 Å². The lowest BCUT2D eigenvalue weighted by molar-refractivity contribution is -0.118. The molecule has 0 aliphatic carbocycles. The number of nitrogens with one attached hydrogen (secondary N) is 2. The average molecular weight is 419 g/mol. The Morgan fingerprint density at radius 1 is 0.903 bits per heavy atom. The summed E-state index contributed by atoms with van der Waals surface area (Å²) in [5.41, 5.74) is 6.41. The first kappa shape index (κ1) is 22.2. The van der Waals surface area contributed by atoms with Crippen LogP contribution in [0.4, 0.5) is 11.4 Å². The molecule has 1 amide bonds. The Hall–Kier alpha value is -3.47. The Morgan fingerprint density at radius 3 is 2.32 bits per heavy atom. The highest BCUT2D eigenvalue weighted by atomic mass is 16.5. The van der Waals surface area contributed by atoms with Crippen LogP contribution in [0, 0.1) is 13.8 Å². The summed E-state index contributed by atoms with van der Waals surface area (Å²) in [7, 11) is 1.60. The molecule has 0 aliphatic heterocycles. The summed E-state index contributed by atoms with van der Waals surface area (Å²) < 4.78 is 11.2. The number of hydrogen-bond donors (Lipinski definition) is 2. The topological polar surface area (TPSA) is 59.6 Å². The predicted molar refractivity (Wildman–Crippen MR) is 126 cm³/mol. The van der Waals surface area contributed by atoms with E-state index in [-0.39, 0.29) is 12.5 Å². The zero-order valence-corrected chi connectivity index (χ0v) is 18.6. The van der Waals surface area contributed by atoms with Gasteiger partial charge < -0.3 is 20.1 Å². The summed E-state index contributed by atoms with van der Waals surface area (Å²) >= 11 is 0. The van der Waals surface area contributed by atoms with E-state index < -0.39 is 0 Å². The molecule has 0 aromatic heterocycles. The fourth-order valence-corrected chi connectivity index (χ4v) is 3.29. The summed E-state index contributed by atoms with van der Waals surface area (Å²) in [6, 6.07) is 20.1. The van der Waals surface area contributed by atoms with Crippen molar-refractivity contribution < 1.29 is 14.3 Å². The van der Waals surface area contributed by atoms with Crippen molar-refractivity contribution in [1.82, 2.24) is 0 Å². The summed E-state index contributed by atoms with van der Waals surface area (Å²) in [4.78, 5) is 12.3. The van der Waals surface area contributed by atoms with E-state index in [1.807, 2.05) is 50.2 Å². The molecule has 3 aromatic rings. The molecule has 0 fully saturated rings. The fraction of sp³-hybridized carbons (Fsp3) is 0.269. The molecule has 0 saturated carbocycles. The van der Waals surface area contributed by atoms with E-state index in [0.717, 1.165) is 34.5 Å². The van der Waals surface area contributed by atoms with Crippen LogP contribution in [-0.4, -0.2) is 19.6 Å². The number of benzene rings is 3. The molecule has 3 aromatic carbocycles. The van der Waals surface area contributed by atoms with Gasteiger partial charge in [0, 0.05) is 17.9 Å². The number of hydrogen-bond acceptors (Lipinski definition) is 4. The number of carbonyl (C=O) groups is 1. The minimum absolute atomic E-state index is 0.0922. The Morgan fingerprint density at radius 2 is 1.65 bits per heavy atom. The molecule has 0 spiro atoms. The van der Waals surface area contributed by atoms with Gasteiger partial charge in [-0.1, -0.05) is 42.8 Å². The minimum atomic E-state index is -0.213. The van der Waals surface area contributed by atoms with Crippen LogP contribution in [0.15, 0.2) is 60.7 Å². The number of rotatable bonds is 9. The van der Waals surface area contributed by atoms with Gasteiger partial charge in [0.25, 0.3) is 5.91 Å². The van der Waals surface area contributed by atoms with Gasteiger partial charge in [0.15, 0.2) is 18.1 Å². The van der Waals surface area contributed by atoms with Crippen LogP contribution in [0.5, 0.6) is 11.5 Å². The fourth-order valence-electron chi connectivity index (χ4n) is 3.29. The predicted octanol–water partition coefficient (Wildman–Crippen LogP) is 5.50. The Bertz CT molecular complexity index is 1030. The Labute approximate surface area is 184 Å². The lowest BCUT2D eigenvalue weighted by Crippen LogP contribution is -2.20. The van der Waals surface area contributed by atoms with Crippen molar-refractivity contribution in [3.63, 3.8) is 0 Å². The van der Waals surface area contributed by atoms with Gasteiger partial charge in [0.05, 0.1) is 7.11 Å². The largest absolute Gasteiger partial charge is 0.493 e. The van der Waals surface area contributed by atoms with Gasteiger partial charge in [0.1, 0.15) is 0 Å². The molecule has 3 rings (SSSR count). The van der Waals surface area contributed by atoms with Gasteiger partial charge in [0.2, 0.25) is 0 Å². The molecule has 162 valence electrons. The van der Waals surface area contributed by atoms with Crippen LogP contribution < -0.4 is 20.1 Å². The van der Waals surface area contributed by atoms with Crippen molar-refractivity contribution in [1.29, 1.82) is 0 Å². The molecule has 0 atom stereocenters. The zero-order valence-electron chi connectivity index (χ0n) is 18.6. The molecule has 2 N–H and O–H groups in total. The SMILES string of the molecule is CCc1ccc(NCc2ccc(OCC(=O)Nc3ccc(C)cc3C)c(OC)c2)cc1. The molecule has 31 heavy (non-hydrogen) atoms. The molecule has 0 unspecified atom stereocenters.